The van der Waals surface area contributed by atoms with Gasteiger partial charge in [0.15, 0.2) is 11.3 Å². The Morgan fingerprint density at radius 3 is 1.05 bits per heavy atom. The lowest BCUT2D eigenvalue weighted by Gasteiger charge is -2.58. The van der Waals surface area contributed by atoms with Crippen molar-refractivity contribution in [1.29, 1.82) is 0 Å². The first-order valence-electron chi connectivity index (χ1n) is 18.4. The van der Waals surface area contributed by atoms with Crippen molar-refractivity contribution in [1.82, 2.24) is 29.9 Å². The van der Waals surface area contributed by atoms with Crippen molar-refractivity contribution in [3.63, 3.8) is 0 Å². The summed E-state index contributed by atoms with van der Waals surface area (Å²) in [6.07, 6.45) is 10.4. The lowest BCUT2D eigenvalue weighted by molar-refractivity contribution is 0.111. The Morgan fingerprint density at radius 1 is 0.393 bits per heavy atom. The van der Waals surface area contributed by atoms with E-state index in [1.807, 2.05) is 36.4 Å². The molecule has 10 heteroatoms. The summed E-state index contributed by atoms with van der Waals surface area (Å²) in [6.45, 7) is 0. The van der Waals surface area contributed by atoms with E-state index in [0.29, 0.717) is 11.3 Å². The van der Waals surface area contributed by atoms with Crippen LogP contribution in [0.2, 0.25) is 0 Å². The van der Waals surface area contributed by atoms with Gasteiger partial charge in [-0.1, -0.05) is 121 Å². The molecule has 0 saturated heterocycles. The van der Waals surface area contributed by atoms with Gasteiger partial charge in [0.1, 0.15) is 12.7 Å². The molecule has 2 fully saturated rings. The first-order valence-corrected chi connectivity index (χ1v) is 18.4. The maximum Gasteiger partial charge on any atom is 0.162 e. The molecule has 280 valence electrons. The minimum atomic E-state index is -0.511. The van der Waals surface area contributed by atoms with E-state index in [1.165, 1.54) is 11.1 Å². The van der Waals surface area contributed by atoms with Gasteiger partial charge in [-0.05, 0) is 72.2 Å². The van der Waals surface area contributed by atoms with Crippen molar-refractivity contribution < 1.29 is 0 Å². The Morgan fingerprint density at radius 2 is 0.732 bits per heavy atom. The standard InChI is InChI=1S/2C23H20N4.2ClH/c2*24-23(19-9-5-2-6-10-19)14-13-22(23,18-7-3-1-4-8-18)20-12-11-17-15-25-16-26-21(17)27-20;;/h2*1-12,15-16H,13-14,24H2;2*1H. The predicted octanol–water partition coefficient (Wildman–Crippen LogP) is 8.76. The summed E-state index contributed by atoms with van der Waals surface area (Å²) in [5, 5.41) is 1.87. The summed E-state index contributed by atoms with van der Waals surface area (Å²) in [5.74, 6) is 0. The van der Waals surface area contributed by atoms with E-state index in [0.717, 1.165) is 59.0 Å². The fraction of sp³-hybridized carbons (Fsp3) is 0.174. The number of nitrogens with two attached hydrogens (primary N) is 2. The summed E-state index contributed by atoms with van der Waals surface area (Å²) >= 11 is 0. The van der Waals surface area contributed by atoms with Crippen LogP contribution in [0.1, 0.15) is 59.3 Å². The molecule has 8 nitrogen and oxygen atoms in total. The van der Waals surface area contributed by atoms with Crippen molar-refractivity contribution in [2.45, 2.75) is 47.6 Å². The minimum absolute atomic E-state index is 0. The molecule has 4 aromatic heterocycles. The second kappa shape index (κ2) is 15.5. The van der Waals surface area contributed by atoms with Crippen LogP contribution in [0.4, 0.5) is 0 Å². The molecular weight excluding hydrogens is 735 g/mol. The van der Waals surface area contributed by atoms with Crippen molar-refractivity contribution in [3.05, 3.63) is 204 Å². The Hall–Kier alpha value is -5.64. The summed E-state index contributed by atoms with van der Waals surface area (Å²) in [5.41, 5.74) is 20.5. The van der Waals surface area contributed by atoms with Gasteiger partial charge < -0.3 is 11.5 Å². The van der Waals surface area contributed by atoms with Gasteiger partial charge in [0, 0.05) is 23.2 Å². The highest BCUT2D eigenvalue weighted by atomic mass is 35.5. The summed E-state index contributed by atoms with van der Waals surface area (Å²) in [4.78, 5) is 26.8. The van der Waals surface area contributed by atoms with E-state index in [-0.39, 0.29) is 35.6 Å². The SMILES string of the molecule is Cl.Cl.NC1(c2ccccc2)CCC1(c1ccccc1)c1ccc2cncnc2n1.NC1(c2ccccc2)CCC1(c1ccccc1)c1ccc2cncnc2n1. The van der Waals surface area contributed by atoms with Crippen LogP contribution in [-0.4, -0.2) is 29.9 Å². The normalized spacial score (nSPS) is 23.6. The van der Waals surface area contributed by atoms with E-state index in [4.69, 9.17) is 21.4 Å². The molecular formula is C46H42Cl2N8. The number of nitrogens with zero attached hydrogens (tertiary/aromatic N) is 6. The van der Waals surface area contributed by atoms with Crippen molar-refractivity contribution >= 4 is 46.9 Å². The van der Waals surface area contributed by atoms with Gasteiger partial charge in [-0.15, -0.1) is 24.8 Å². The fourth-order valence-corrected chi connectivity index (χ4v) is 9.00. The van der Waals surface area contributed by atoms with Gasteiger partial charge in [0.25, 0.3) is 0 Å². The number of aromatic nitrogens is 6. The second-order valence-corrected chi connectivity index (χ2v) is 14.5. The van der Waals surface area contributed by atoms with Crippen LogP contribution in [0.5, 0.6) is 0 Å². The monoisotopic (exact) mass is 776 g/mol. The van der Waals surface area contributed by atoms with Crippen molar-refractivity contribution in [2.75, 3.05) is 0 Å². The molecule has 0 bridgehead atoms. The Labute approximate surface area is 338 Å². The molecule has 0 radical (unpaired) electrons. The molecule has 2 aliphatic carbocycles. The zero-order valence-electron chi connectivity index (χ0n) is 30.6. The van der Waals surface area contributed by atoms with Crippen molar-refractivity contribution in [2.24, 2.45) is 11.5 Å². The van der Waals surface area contributed by atoms with Crippen LogP contribution in [0.3, 0.4) is 0 Å². The molecule has 4 heterocycles. The van der Waals surface area contributed by atoms with Gasteiger partial charge in [-0.25, -0.2) is 29.9 Å². The van der Waals surface area contributed by atoms with Gasteiger partial charge in [-0.2, -0.15) is 0 Å². The van der Waals surface area contributed by atoms with Crippen LogP contribution < -0.4 is 11.5 Å². The number of rotatable bonds is 6. The Balaban J connectivity index is 0.000000166. The molecule has 8 aromatic rings. The summed E-state index contributed by atoms with van der Waals surface area (Å²) in [7, 11) is 0. The molecule has 4 unspecified atom stereocenters. The highest BCUT2D eigenvalue weighted by molar-refractivity contribution is 5.85. The molecule has 2 aliphatic rings. The zero-order chi connectivity index (χ0) is 36.6. The van der Waals surface area contributed by atoms with Crippen LogP contribution in [0.25, 0.3) is 22.1 Å². The lowest BCUT2D eigenvalue weighted by atomic mass is 9.48. The molecule has 10 rings (SSSR count). The third-order valence-corrected chi connectivity index (χ3v) is 12.0. The second-order valence-electron chi connectivity index (χ2n) is 14.5. The third kappa shape index (κ3) is 6.01. The number of pyridine rings is 2. The topological polar surface area (TPSA) is 129 Å². The molecule has 0 aliphatic heterocycles. The number of halogens is 2. The fourth-order valence-electron chi connectivity index (χ4n) is 9.00. The predicted molar refractivity (Wildman–Crippen MR) is 227 cm³/mol. The molecule has 56 heavy (non-hydrogen) atoms. The van der Waals surface area contributed by atoms with Crippen molar-refractivity contribution in [3.8, 4) is 0 Å². The largest absolute Gasteiger partial charge is 0.320 e. The third-order valence-electron chi connectivity index (χ3n) is 12.0. The molecule has 2 saturated carbocycles. The highest BCUT2D eigenvalue weighted by Gasteiger charge is 2.61. The van der Waals surface area contributed by atoms with Crippen LogP contribution in [0.15, 0.2) is 171 Å². The van der Waals surface area contributed by atoms with E-state index >= 15 is 0 Å². The van der Waals surface area contributed by atoms with Gasteiger partial charge in [0.05, 0.1) is 33.3 Å². The first kappa shape index (κ1) is 38.6. The van der Waals surface area contributed by atoms with Crippen LogP contribution in [-0.2, 0) is 21.9 Å². The van der Waals surface area contributed by atoms with E-state index in [9.17, 15) is 0 Å². The van der Waals surface area contributed by atoms with Gasteiger partial charge >= 0.3 is 0 Å². The molecule has 0 amide bonds. The average molecular weight is 778 g/mol. The average Bonchev–Trinajstić information content (AvgIpc) is 3.24. The molecule has 4 aromatic carbocycles. The smallest absolute Gasteiger partial charge is 0.162 e. The quantitative estimate of drug-likeness (QED) is 0.172. The number of hydrogen-bond donors (Lipinski definition) is 2. The van der Waals surface area contributed by atoms with Gasteiger partial charge in [0.2, 0.25) is 0 Å². The Kier molecular flexibility index (Phi) is 10.7. The van der Waals surface area contributed by atoms with E-state index in [2.05, 4.69) is 129 Å². The molecule has 0 spiro atoms. The Bertz CT molecular complexity index is 2390. The summed E-state index contributed by atoms with van der Waals surface area (Å²) < 4.78 is 0. The van der Waals surface area contributed by atoms with E-state index in [1.54, 1.807) is 25.0 Å². The zero-order valence-corrected chi connectivity index (χ0v) is 32.3. The van der Waals surface area contributed by atoms with Gasteiger partial charge in [-0.3, -0.25) is 0 Å². The minimum Gasteiger partial charge on any atom is -0.320 e. The number of benzene rings is 4. The lowest BCUT2D eigenvalue weighted by Crippen LogP contribution is -2.64. The van der Waals surface area contributed by atoms with Crippen LogP contribution in [0, 0.1) is 0 Å². The molecule has 4 atom stereocenters. The maximum absolute atomic E-state index is 7.14. The van der Waals surface area contributed by atoms with Crippen LogP contribution >= 0.6 is 24.8 Å². The number of hydrogen-bond acceptors (Lipinski definition) is 8. The summed E-state index contributed by atoms with van der Waals surface area (Å²) in [6, 6.07) is 50.1. The maximum atomic E-state index is 7.14. The first-order chi connectivity index (χ1) is 26.5. The number of fused-ring (bicyclic) bond motifs is 2. The van der Waals surface area contributed by atoms with E-state index < -0.39 is 11.1 Å². The highest BCUT2D eigenvalue weighted by Crippen LogP contribution is 2.60. The molecule has 4 N–H and O–H groups in total.